The maximum Gasteiger partial charge on any atom is 0.123 e. The van der Waals surface area contributed by atoms with Crippen LogP contribution in [-0.2, 0) is 6.42 Å². The molecule has 1 aliphatic rings. The van der Waals surface area contributed by atoms with E-state index in [1.165, 1.54) is 25.3 Å². The molecule has 3 atom stereocenters. The molecule has 1 aromatic rings. The Bertz CT molecular complexity index is 394. The zero-order valence-electron chi connectivity index (χ0n) is 9.93. The summed E-state index contributed by atoms with van der Waals surface area (Å²) in [6.45, 7) is 2.29. The molecule has 3 unspecified atom stereocenters. The van der Waals surface area contributed by atoms with Gasteiger partial charge in [0.05, 0.1) is 0 Å². The van der Waals surface area contributed by atoms with Crippen LogP contribution < -0.4 is 0 Å². The van der Waals surface area contributed by atoms with Crippen LogP contribution in [0.3, 0.4) is 0 Å². The van der Waals surface area contributed by atoms with Gasteiger partial charge in [-0.3, -0.25) is 0 Å². The molecule has 0 spiro atoms. The largest absolute Gasteiger partial charge is 0.207 e. The summed E-state index contributed by atoms with van der Waals surface area (Å²) >= 11 is 9.86. The summed E-state index contributed by atoms with van der Waals surface area (Å²) in [6, 6.07) is 4.64. The van der Waals surface area contributed by atoms with Gasteiger partial charge in [-0.2, -0.15) is 0 Å². The van der Waals surface area contributed by atoms with Crippen molar-refractivity contribution < 1.29 is 4.39 Å². The van der Waals surface area contributed by atoms with Crippen molar-refractivity contribution in [2.24, 2.45) is 11.8 Å². The molecule has 0 N–H and O–H groups in total. The lowest BCUT2D eigenvalue weighted by Gasteiger charge is -2.31. The minimum atomic E-state index is -0.195. The Morgan fingerprint density at radius 3 is 2.94 bits per heavy atom. The van der Waals surface area contributed by atoms with Crippen molar-refractivity contribution in [1.82, 2.24) is 0 Å². The van der Waals surface area contributed by atoms with Crippen molar-refractivity contribution in [3.8, 4) is 0 Å². The first-order valence-corrected chi connectivity index (χ1v) is 7.43. The van der Waals surface area contributed by atoms with E-state index in [1.54, 1.807) is 12.1 Å². The topological polar surface area (TPSA) is 0 Å². The van der Waals surface area contributed by atoms with E-state index in [0.29, 0.717) is 15.8 Å². The van der Waals surface area contributed by atoms with E-state index >= 15 is 0 Å². The van der Waals surface area contributed by atoms with Crippen molar-refractivity contribution in [2.75, 3.05) is 0 Å². The van der Waals surface area contributed by atoms with E-state index < -0.39 is 0 Å². The van der Waals surface area contributed by atoms with Gasteiger partial charge in [-0.25, -0.2) is 4.39 Å². The molecule has 0 nitrogen and oxygen atoms in total. The lowest BCUT2D eigenvalue weighted by molar-refractivity contribution is 0.294. The quantitative estimate of drug-likeness (QED) is 0.655. The van der Waals surface area contributed by atoms with E-state index in [1.807, 2.05) is 0 Å². The molecule has 17 heavy (non-hydrogen) atoms. The number of rotatable bonds is 2. The third-order valence-corrected chi connectivity index (χ3v) is 5.22. The molecule has 3 heteroatoms. The maximum atomic E-state index is 13.2. The average molecular weight is 320 g/mol. The van der Waals surface area contributed by atoms with Crippen molar-refractivity contribution in [3.63, 3.8) is 0 Å². The summed E-state index contributed by atoms with van der Waals surface area (Å²) in [4.78, 5) is 0.540. The molecule has 0 radical (unpaired) electrons. The van der Waals surface area contributed by atoms with Gasteiger partial charge in [-0.15, -0.1) is 0 Å². The molecular weight excluding hydrogens is 303 g/mol. The van der Waals surface area contributed by atoms with Crippen LogP contribution in [-0.4, -0.2) is 4.83 Å². The number of halogens is 3. The first-order chi connectivity index (χ1) is 8.06. The summed E-state index contributed by atoms with van der Waals surface area (Å²) in [7, 11) is 0. The van der Waals surface area contributed by atoms with E-state index in [0.717, 1.165) is 17.9 Å². The summed E-state index contributed by atoms with van der Waals surface area (Å²) in [5.41, 5.74) is 0.940. The van der Waals surface area contributed by atoms with Crippen LogP contribution in [0.1, 0.15) is 31.7 Å². The van der Waals surface area contributed by atoms with Crippen LogP contribution in [0.4, 0.5) is 4.39 Å². The fourth-order valence-corrected chi connectivity index (χ4v) is 3.52. The van der Waals surface area contributed by atoms with Crippen LogP contribution in [0.2, 0.25) is 5.02 Å². The number of hydrogen-bond donors (Lipinski definition) is 0. The minimum absolute atomic E-state index is 0.195. The lowest BCUT2D eigenvalue weighted by Crippen LogP contribution is -2.25. The molecule has 94 valence electrons. The fourth-order valence-electron chi connectivity index (χ4n) is 2.66. The fraction of sp³-hybridized carbons (Fsp3) is 0.571. The highest BCUT2D eigenvalue weighted by molar-refractivity contribution is 9.09. The van der Waals surface area contributed by atoms with E-state index in [-0.39, 0.29) is 5.82 Å². The molecule has 2 rings (SSSR count). The zero-order valence-corrected chi connectivity index (χ0v) is 12.3. The Morgan fingerprint density at radius 1 is 1.41 bits per heavy atom. The Labute approximate surface area is 116 Å². The van der Waals surface area contributed by atoms with Gasteiger partial charge >= 0.3 is 0 Å². The maximum absolute atomic E-state index is 13.2. The van der Waals surface area contributed by atoms with Crippen LogP contribution in [0.5, 0.6) is 0 Å². The monoisotopic (exact) mass is 318 g/mol. The third-order valence-electron chi connectivity index (χ3n) is 3.64. The van der Waals surface area contributed by atoms with Gasteiger partial charge in [0.1, 0.15) is 5.82 Å². The van der Waals surface area contributed by atoms with Gasteiger partial charge in [0, 0.05) is 9.85 Å². The highest BCUT2D eigenvalue weighted by Crippen LogP contribution is 2.36. The number of hydrogen-bond acceptors (Lipinski definition) is 0. The van der Waals surface area contributed by atoms with Gasteiger partial charge < -0.3 is 0 Å². The molecule has 1 aromatic carbocycles. The van der Waals surface area contributed by atoms with Gasteiger partial charge in [-0.05, 0) is 61.3 Å². The first-order valence-electron chi connectivity index (χ1n) is 6.14. The lowest BCUT2D eigenvalue weighted by atomic mass is 9.79. The second kappa shape index (κ2) is 5.71. The standard InChI is InChI=1S/C14H17BrClF/c1-9-2-4-13(15)10(6-9)7-11-8-12(17)3-5-14(11)16/h3,5,8-10,13H,2,4,6-7H2,1H3. The van der Waals surface area contributed by atoms with Crippen LogP contribution in [0.25, 0.3) is 0 Å². The summed E-state index contributed by atoms with van der Waals surface area (Å²) in [5, 5.41) is 0.685. The summed E-state index contributed by atoms with van der Waals surface area (Å²) in [6.07, 6.45) is 4.56. The molecule has 0 heterocycles. The molecular formula is C14H17BrClF. The van der Waals surface area contributed by atoms with E-state index in [9.17, 15) is 4.39 Å². The Balaban J connectivity index is 2.11. The smallest absolute Gasteiger partial charge is 0.123 e. The molecule has 0 aliphatic heterocycles. The summed E-state index contributed by atoms with van der Waals surface area (Å²) < 4.78 is 13.2. The van der Waals surface area contributed by atoms with Gasteiger partial charge in [0.25, 0.3) is 0 Å². The zero-order chi connectivity index (χ0) is 12.4. The van der Waals surface area contributed by atoms with E-state index in [2.05, 4.69) is 22.9 Å². The Hall–Kier alpha value is -0.0800. The third kappa shape index (κ3) is 3.45. The van der Waals surface area contributed by atoms with Gasteiger partial charge in [0.15, 0.2) is 0 Å². The van der Waals surface area contributed by atoms with Crippen molar-refractivity contribution >= 4 is 27.5 Å². The first kappa shape index (κ1) is 13.4. The van der Waals surface area contributed by atoms with Gasteiger partial charge in [-0.1, -0.05) is 34.5 Å². The summed E-state index contributed by atoms with van der Waals surface area (Å²) in [5.74, 6) is 1.14. The van der Waals surface area contributed by atoms with Gasteiger partial charge in [0.2, 0.25) is 0 Å². The normalized spacial score (nSPS) is 29.3. The average Bonchev–Trinajstić information content (AvgIpc) is 2.28. The predicted molar refractivity (Wildman–Crippen MR) is 74.3 cm³/mol. The second-order valence-corrected chi connectivity index (χ2v) is 6.72. The predicted octanol–water partition coefficient (Wildman–Crippen LogP) is 5.22. The molecule has 1 aliphatic carbocycles. The highest BCUT2D eigenvalue weighted by atomic mass is 79.9. The van der Waals surface area contributed by atoms with Crippen LogP contribution in [0.15, 0.2) is 18.2 Å². The minimum Gasteiger partial charge on any atom is -0.207 e. The molecule has 1 fully saturated rings. The van der Waals surface area contributed by atoms with Crippen LogP contribution in [0, 0.1) is 17.7 Å². The molecule has 1 saturated carbocycles. The second-order valence-electron chi connectivity index (χ2n) is 5.13. The highest BCUT2D eigenvalue weighted by Gasteiger charge is 2.27. The SMILES string of the molecule is CC1CCC(Br)C(Cc2cc(F)ccc2Cl)C1. The van der Waals surface area contributed by atoms with Crippen molar-refractivity contribution in [2.45, 2.75) is 37.4 Å². The molecule has 0 amide bonds. The Morgan fingerprint density at radius 2 is 2.18 bits per heavy atom. The number of benzene rings is 1. The van der Waals surface area contributed by atoms with Crippen molar-refractivity contribution in [1.29, 1.82) is 0 Å². The molecule has 0 aromatic heterocycles. The Kier molecular flexibility index (Phi) is 4.48. The number of alkyl halides is 1. The van der Waals surface area contributed by atoms with E-state index in [4.69, 9.17) is 11.6 Å². The molecule has 0 saturated heterocycles. The molecule has 0 bridgehead atoms. The van der Waals surface area contributed by atoms with Crippen molar-refractivity contribution in [3.05, 3.63) is 34.6 Å². The van der Waals surface area contributed by atoms with Crippen LogP contribution >= 0.6 is 27.5 Å².